The topological polar surface area (TPSA) is 48.0 Å². The lowest BCUT2D eigenvalue weighted by Crippen LogP contribution is -2.16. The molecule has 1 aromatic carbocycles. The summed E-state index contributed by atoms with van der Waals surface area (Å²) in [4.78, 5) is 13.2. The number of hydrogen-bond donors (Lipinski definition) is 1. The van der Waals surface area contributed by atoms with Crippen LogP contribution in [0.1, 0.15) is 22.4 Å². The van der Waals surface area contributed by atoms with Crippen LogP contribution in [-0.4, -0.2) is 11.1 Å². The maximum Gasteiger partial charge on any atom is 0.307 e. The number of nitrogens with two attached hydrogens (primary N) is 1. The highest BCUT2D eigenvalue weighted by atomic mass is 32.1. The van der Waals surface area contributed by atoms with Gasteiger partial charge >= 0.3 is 4.87 Å². The normalized spacial score (nSPS) is 10.9. The second-order valence-electron chi connectivity index (χ2n) is 4.87. The number of aryl methyl sites for hydroxylation is 3. The van der Waals surface area contributed by atoms with Crippen molar-refractivity contribution in [3.8, 4) is 11.3 Å². The Balaban J connectivity index is 2.54. The summed E-state index contributed by atoms with van der Waals surface area (Å²) in [6, 6.07) is 6.36. The Labute approximate surface area is 117 Å². The minimum absolute atomic E-state index is 0.110. The number of aromatic nitrogens is 1. The van der Waals surface area contributed by atoms with Gasteiger partial charge in [0.25, 0.3) is 0 Å². The van der Waals surface area contributed by atoms with Gasteiger partial charge in [-0.3, -0.25) is 9.36 Å². The van der Waals surface area contributed by atoms with Crippen molar-refractivity contribution < 1.29 is 0 Å². The van der Waals surface area contributed by atoms with Gasteiger partial charge in [0.2, 0.25) is 0 Å². The van der Waals surface area contributed by atoms with Crippen molar-refractivity contribution in [1.29, 1.82) is 0 Å². The average Bonchev–Trinajstić information content (AvgIpc) is 2.65. The van der Waals surface area contributed by atoms with E-state index in [1.54, 1.807) is 0 Å². The summed E-state index contributed by atoms with van der Waals surface area (Å²) in [6.07, 6.45) is 0.827. The van der Waals surface area contributed by atoms with E-state index in [9.17, 15) is 4.79 Å². The third-order valence-electron chi connectivity index (χ3n) is 3.43. The Bertz CT molecular complexity index is 640. The summed E-state index contributed by atoms with van der Waals surface area (Å²) in [5, 5.41) is 0. The first-order valence-electron chi connectivity index (χ1n) is 6.52. The van der Waals surface area contributed by atoms with Crippen molar-refractivity contribution in [3.63, 3.8) is 0 Å². The number of rotatable bonds is 4. The zero-order chi connectivity index (χ0) is 14.0. The van der Waals surface area contributed by atoms with Gasteiger partial charge in [-0.1, -0.05) is 23.5 Å². The second kappa shape index (κ2) is 5.72. The highest BCUT2D eigenvalue weighted by Crippen LogP contribution is 2.27. The first-order chi connectivity index (χ1) is 9.04. The first kappa shape index (κ1) is 14.0. The molecule has 0 radical (unpaired) electrons. The Hall–Kier alpha value is -1.39. The van der Waals surface area contributed by atoms with Crippen LogP contribution in [0.2, 0.25) is 0 Å². The van der Waals surface area contributed by atoms with E-state index < -0.39 is 0 Å². The van der Waals surface area contributed by atoms with Crippen LogP contribution in [0.4, 0.5) is 0 Å². The molecule has 0 atom stereocenters. The third-order valence-corrected chi connectivity index (χ3v) is 4.32. The molecule has 0 amide bonds. The molecular formula is C15H20N2OS. The van der Waals surface area contributed by atoms with Crippen LogP contribution in [-0.2, 0) is 6.54 Å². The Morgan fingerprint density at radius 3 is 2.58 bits per heavy atom. The van der Waals surface area contributed by atoms with Crippen molar-refractivity contribution >= 4 is 11.3 Å². The number of thiazole rings is 1. The van der Waals surface area contributed by atoms with Gasteiger partial charge in [0.15, 0.2) is 0 Å². The number of hydrogen-bond acceptors (Lipinski definition) is 3. The third kappa shape index (κ3) is 2.80. The molecule has 0 aliphatic carbocycles. The van der Waals surface area contributed by atoms with Crippen LogP contribution < -0.4 is 10.6 Å². The van der Waals surface area contributed by atoms with Gasteiger partial charge in [-0.2, -0.15) is 0 Å². The fraction of sp³-hybridized carbons (Fsp3) is 0.400. The van der Waals surface area contributed by atoms with E-state index >= 15 is 0 Å². The summed E-state index contributed by atoms with van der Waals surface area (Å²) in [7, 11) is 0. The molecule has 0 saturated carbocycles. The van der Waals surface area contributed by atoms with E-state index in [0.717, 1.165) is 22.6 Å². The molecule has 0 aliphatic rings. The standard InChI is InChI=1S/C15H20N2OS/c1-10-5-6-13(9-11(10)2)14-12(3)19-15(18)17(14)8-4-7-16/h5-6,9H,4,7-8,16H2,1-3H3. The summed E-state index contributed by atoms with van der Waals surface area (Å²) in [6.45, 7) is 7.51. The van der Waals surface area contributed by atoms with E-state index in [2.05, 4.69) is 32.0 Å². The maximum absolute atomic E-state index is 12.0. The Morgan fingerprint density at radius 2 is 1.95 bits per heavy atom. The molecule has 2 aromatic rings. The van der Waals surface area contributed by atoms with Crippen molar-refractivity contribution in [3.05, 3.63) is 43.9 Å². The van der Waals surface area contributed by atoms with Crippen molar-refractivity contribution in [2.75, 3.05) is 6.54 Å². The van der Waals surface area contributed by atoms with Crippen LogP contribution in [0.3, 0.4) is 0 Å². The fourth-order valence-corrected chi connectivity index (χ4v) is 3.10. The van der Waals surface area contributed by atoms with Gasteiger partial charge in [0, 0.05) is 11.4 Å². The zero-order valence-electron chi connectivity index (χ0n) is 11.7. The Morgan fingerprint density at radius 1 is 1.21 bits per heavy atom. The van der Waals surface area contributed by atoms with E-state index in [-0.39, 0.29) is 4.87 Å². The summed E-state index contributed by atoms with van der Waals surface area (Å²) < 4.78 is 1.86. The van der Waals surface area contributed by atoms with Crippen molar-refractivity contribution in [2.24, 2.45) is 5.73 Å². The van der Waals surface area contributed by atoms with E-state index in [4.69, 9.17) is 5.73 Å². The monoisotopic (exact) mass is 276 g/mol. The van der Waals surface area contributed by atoms with Gasteiger partial charge in [-0.15, -0.1) is 0 Å². The molecule has 4 heteroatoms. The molecule has 19 heavy (non-hydrogen) atoms. The van der Waals surface area contributed by atoms with Crippen LogP contribution in [0.5, 0.6) is 0 Å². The molecule has 0 fully saturated rings. The van der Waals surface area contributed by atoms with Crippen molar-refractivity contribution in [2.45, 2.75) is 33.7 Å². The summed E-state index contributed by atoms with van der Waals surface area (Å²) in [5.41, 5.74) is 10.2. The van der Waals surface area contributed by atoms with Gasteiger partial charge in [-0.25, -0.2) is 0 Å². The molecule has 0 unspecified atom stereocenters. The van der Waals surface area contributed by atoms with Gasteiger partial charge < -0.3 is 5.73 Å². The average molecular weight is 276 g/mol. The fourth-order valence-electron chi connectivity index (χ4n) is 2.22. The van der Waals surface area contributed by atoms with Crippen LogP contribution >= 0.6 is 11.3 Å². The molecule has 0 spiro atoms. The highest BCUT2D eigenvalue weighted by Gasteiger charge is 2.13. The quantitative estimate of drug-likeness (QED) is 0.933. The van der Waals surface area contributed by atoms with Crippen molar-refractivity contribution in [1.82, 2.24) is 4.57 Å². The van der Waals surface area contributed by atoms with Gasteiger partial charge in [-0.05, 0) is 56.5 Å². The first-order valence-corrected chi connectivity index (χ1v) is 7.34. The predicted octanol–water partition coefficient (Wildman–Crippen LogP) is 2.85. The predicted molar refractivity (Wildman–Crippen MR) is 81.9 cm³/mol. The molecule has 3 nitrogen and oxygen atoms in total. The number of nitrogens with zero attached hydrogens (tertiary/aromatic N) is 1. The molecule has 102 valence electrons. The molecule has 1 heterocycles. The summed E-state index contributed by atoms with van der Waals surface area (Å²) in [5.74, 6) is 0. The minimum Gasteiger partial charge on any atom is -0.330 e. The molecular weight excluding hydrogens is 256 g/mol. The minimum atomic E-state index is 0.110. The smallest absolute Gasteiger partial charge is 0.307 e. The lowest BCUT2D eigenvalue weighted by molar-refractivity contribution is 0.647. The second-order valence-corrected chi connectivity index (χ2v) is 6.03. The number of benzene rings is 1. The van der Waals surface area contributed by atoms with Crippen LogP contribution in [0, 0.1) is 20.8 Å². The molecule has 2 rings (SSSR count). The largest absolute Gasteiger partial charge is 0.330 e. The molecule has 0 bridgehead atoms. The Kier molecular flexibility index (Phi) is 4.22. The van der Waals surface area contributed by atoms with E-state index in [0.29, 0.717) is 13.1 Å². The lowest BCUT2D eigenvalue weighted by Gasteiger charge is -2.10. The maximum atomic E-state index is 12.0. The molecule has 0 saturated heterocycles. The molecule has 0 aliphatic heterocycles. The SMILES string of the molecule is Cc1ccc(-c2c(C)sc(=O)n2CCCN)cc1C. The van der Waals surface area contributed by atoms with Gasteiger partial charge in [0.1, 0.15) is 0 Å². The van der Waals surface area contributed by atoms with E-state index in [1.165, 1.54) is 22.5 Å². The highest BCUT2D eigenvalue weighted by molar-refractivity contribution is 7.09. The van der Waals surface area contributed by atoms with Gasteiger partial charge in [0.05, 0.1) is 5.69 Å². The molecule has 2 N–H and O–H groups in total. The van der Waals surface area contributed by atoms with Crippen LogP contribution in [0.25, 0.3) is 11.3 Å². The summed E-state index contributed by atoms with van der Waals surface area (Å²) >= 11 is 1.32. The lowest BCUT2D eigenvalue weighted by atomic mass is 10.0. The molecule has 1 aromatic heterocycles. The van der Waals surface area contributed by atoms with E-state index in [1.807, 2.05) is 11.5 Å². The zero-order valence-corrected chi connectivity index (χ0v) is 12.5. The van der Waals surface area contributed by atoms with Crippen LogP contribution in [0.15, 0.2) is 23.0 Å².